The molecule has 80 heavy (non-hydrogen) atoms. The molecule has 0 unspecified atom stereocenters. The van der Waals surface area contributed by atoms with Crippen LogP contribution in [0, 0.1) is 0 Å². The first-order valence-electron chi connectivity index (χ1n) is 25.4. The molecule has 0 spiro atoms. The number of benzene rings is 8. The lowest BCUT2D eigenvalue weighted by molar-refractivity contribution is -0.00000344. The molecule has 4 N–H and O–H groups in total. The highest BCUT2D eigenvalue weighted by Crippen LogP contribution is 2.44. The number of phenols is 2. The molecule has 2 aromatic heterocycles. The average Bonchev–Trinajstić information content (AvgIpc) is 3.57. The first-order chi connectivity index (χ1) is 39.0. The normalized spacial score (nSPS) is 11.0. The van der Waals surface area contributed by atoms with Gasteiger partial charge in [0.25, 0.3) is 0 Å². The SMILES string of the molecule is COc1ccc(C(OCc2ccc(-c3cccc(O)c3)nc2)(c2ccccc2)c2ccc(OC)cc2)cc1.COc1ccc(C(OCc2ccc(Cl)nc2)(c2ccccc2)c2ccc(OC)cc2)cc1.OB(O)c1cccc(O)c1. The molecule has 0 amide bonds. The van der Waals surface area contributed by atoms with E-state index in [4.69, 9.17) is 55.2 Å². The molecule has 0 saturated carbocycles. The molecule has 0 atom stereocenters. The van der Waals surface area contributed by atoms with Gasteiger partial charge >= 0.3 is 7.12 Å². The zero-order chi connectivity index (χ0) is 56.3. The van der Waals surface area contributed by atoms with Crippen LogP contribution in [0.3, 0.4) is 0 Å². The Kier molecular flexibility index (Phi) is 19.7. The maximum Gasteiger partial charge on any atom is 0.488 e. The van der Waals surface area contributed by atoms with Crippen molar-refractivity contribution in [3.05, 3.63) is 293 Å². The minimum atomic E-state index is -1.51. The van der Waals surface area contributed by atoms with Crippen molar-refractivity contribution >= 4 is 24.2 Å². The highest BCUT2D eigenvalue weighted by atomic mass is 35.5. The topological polar surface area (TPSA) is 162 Å². The molecule has 0 bridgehead atoms. The van der Waals surface area contributed by atoms with Crippen LogP contribution in [-0.2, 0) is 33.9 Å². The Balaban J connectivity index is 0.000000181. The van der Waals surface area contributed by atoms with Crippen molar-refractivity contribution in [3.8, 4) is 45.8 Å². The lowest BCUT2D eigenvalue weighted by Gasteiger charge is -2.36. The van der Waals surface area contributed by atoms with Crippen LogP contribution in [0.15, 0.2) is 243 Å². The number of hydrogen-bond acceptors (Lipinski definition) is 12. The molecule has 0 aliphatic rings. The van der Waals surface area contributed by atoms with E-state index in [-0.39, 0.29) is 11.5 Å². The second kappa shape index (κ2) is 27.6. The van der Waals surface area contributed by atoms with Gasteiger partial charge in [-0.2, -0.15) is 0 Å². The molecule has 8 aromatic carbocycles. The smallest absolute Gasteiger partial charge is 0.488 e. The van der Waals surface area contributed by atoms with Gasteiger partial charge in [0.05, 0.1) is 47.3 Å². The van der Waals surface area contributed by atoms with Crippen molar-refractivity contribution in [3.63, 3.8) is 0 Å². The fourth-order valence-electron chi connectivity index (χ4n) is 9.05. The lowest BCUT2D eigenvalue weighted by Crippen LogP contribution is -2.32. The monoisotopic (exact) mass is 1090 g/mol. The summed E-state index contributed by atoms with van der Waals surface area (Å²) in [5.74, 6) is 3.36. The standard InChI is InChI=1S/C33H29NO4.C27H24ClNO3.C6H7BO3/c1-36-30-16-12-27(13-17-30)33(26-8-4-3-5-9-26,28-14-18-31(37-2)19-15-28)38-23-24-11-20-32(34-22-24)25-7-6-10-29(35)21-25;1-30-24-13-9-22(10-14-24)27(21-6-4-3-5-7-21,23-11-15-25(31-2)16-12-23)32-19-20-8-17-26(28)29-18-20;8-6-3-1-2-5(4-6)7(9)10/h3-22,35H,23H2,1-2H3;3-18H,19H2,1-2H3;1-4,8-10H. The molecule has 0 fully saturated rings. The summed E-state index contributed by atoms with van der Waals surface area (Å²) in [6, 6.07) is 72.8. The highest BCUT2D eigenvalue weighted by Gasteiger charge is 2.39. The molecular formula is C66H60BClN2O10. The summed E-state index contributed by atoms with van der Waals surface area (Å²) in [6.45, 7) is 0.664. The predicted octanol–water partition coefficient (Wildman–Crippen LogP) is 12.3. The van der Waals surface area contributed by atoms with Crippen molar-refractivity contribution < 1.29 is 48.7 Å². The van der Waals surface area contributed by atoms with E-state index < -0.39 is 18.3 Å². The van der Waals surface area contributed by atoms with Crippen LogP contribution in [-0.4, -0.2) is 65.8 Å². The van der Waals surface area contributed by atoms with E-state index in [1.54, 1.807) is 65.0 Å². The minimum Gasteiger partial charge on any atom is -0.508 e. The number of phenolic OH excluding ortho intramolecular Hbond substituents is 2. The minimum absolute atomic E-state index is 0.0330. The van der Waals surface area contributed by atoms with E-state index in [1.165, 1.54) is 18.2 Å². The van der Waals surface area contributed by atoms with Crippen molar-refractivity contribution in [2.45, 2.75) is 24.4 Å². The number of rotatable bonds is 18. The fourth-order valence-corrected chi connectivity index (χ4v) is 9.17. The number of aromatic hydroxyl groups is 2. The summed E-state index contributed by atoms with van der Waals surface area (Å²) in [5, 5.41) is 36.3. The summed E-state index contributed by atoms with van der Waals surface area (Å²) in [6.07, 6.45) is 3.55. The van der Waals surface area contributed by atoms with E-state index in [9.17, 15) is 5.11 Å². The molecule has 2 heterocycles. The number of aromatic nitrogens is 2. The van der Waals surface area contributed by atoms with Crippen LogP contribution >= 0.6 is 11.6 Å². The molecule has 0 saturated heterocycles. The van der Waals surface area contributed by atoms with Crippen molar-refractivity contribution in [2.24, 2.45) is 0 Å². The molecule has 0 aliphatic heterocycles. The molecule has 12 nitrogen and oxygen atoms in total. The van der Waals surface area contributed by atoms with E-state index in [0.717, 1.165) is 78.8 Å². The van der Waals surface area contributed by atoms with Gasteiger partial charge in [-0.05, 0) is 135 Å². The Morgan fingerprint density at radius 2 is 0.775 bits per heavy atom. The van der Waals surface area contributed by atoms with Gasteiger partial charge in [0.1, 0.15) is 50.9 Å². The van der Waals surface area contributed by atoms with Crippen LogP contribution < -0.4 is 24.4 Å². The van der Waals surface area contributed by atoms with Gasteiger partial charge in [0, 0.05) is 18.0 Å². The third kappa shape index (κ3) is 14.0. The highest BCUT2D eigenvalue weighted by molar-refractivity contribution is 6.58. The van der Waals surface area contributed by atoms with E-state index in [0.29, 0.717) is 23.8 Å². The summed E-state index contributed by atoms with van der Waals surface area (Å²) < 4.78 is 35.3. The van der Waals surface area contributed by atoms with Crippen molar-refractivity contribution in [2.75, 3.05) is 28.4 Å². The van der Waals surface area contributed by atoms with Crippen molar-refractivity contribution in [1.29, 1.82) is 0 Å². The van der Waals surface area contributed by atoms with E-state index >= 15 is 0 Å². The average molecular weight is 1090 g/mol. The number of pyridine rings is 2. The predicted molar refractivity (Wildman–Crippen MR) is 313 cm³/mol. The Labute approximate surface area is 471 Å². The van der Waals surface area contributed by atoms with E-state index in [1.807, 2.05) is 164 Å². The number of methoxy groups -OCH3 is 4. The Hall–Kier alpha value is -8.95. The van der Waals surface area contributed by atoms with Gasteiger partial charge in [-0.15, -0.1) is 0 Å². The van der Waals surface area contributed by atoms with Crippen LogP contribution in [0.4, 0.5) is 0 Å². The second-order valence-corrected chi connectivity index (χ2v) is 18.5. The summed E-state index contributed by atoms with van der Waals surface area (Å²) in [7, 11) is 5.13. The van der Waals surface area contributed by atoms with E-state index in [2.05, 4.69) is 34.2 Å². The molecule has 0 radical (unpaired) electrons. The zero-order valence-corrected chi connectivity index (χ0v) is 45.4. The summed E-state index contributed by atoms with van der Waals surface area (Å²) >= 11 is 5.97. The van der Waals surface area contributed by atoms with Crippen LogP contribution in [0.5, 0.6) is 34.5 Å². The molecule has 10 rings (SSSR count). The van der Waals surface area contributed by atoms with Gasteiger partial charge in [-0.25, -0.2) is 4.98 Å². The second-order valence-electron chi connectivity index (χ2n) is 18.1. The third-order valence-corrected chi connectivity index (χ3v) is 13.4. The van der Waals surface area contributed by atoms with Gasteiger partial charge in [0.2, 0.25) is 0 Å². The Morgan fingerprint density at radius 1 is 0.400 bits per heavy atom. The fraction of sp³-hybridized carbons (Fsp3) is 0.121. The Morgan fingerprint density at radius 3 is 1.10 bits per heavy atom. The van der Waals surface area contributed by atoms with Crippen LogP contribution in [0.25, 0.3) is 11.3 Å². The molecule has 404 valence electrons. The van der Waals surface area contributed by atoms with Gasteiger partial charge in [0.15, 0.2) is 0 Å². The van der Waals surface area contributed by atoms with Gasteiger partial charge in [-0.3, -0.25) is 4.98 Å². The van der Waals surface area contributed by atoms with Crippen LogP contribution in [0.2, 0.25) is 5.15 Å². The Bertz CT molecular complexity index is 3370. The van der Waals surface area contributed by atoms with Crippen molar-refractivity contribution in [1.82, 2.24) is 9.97 Å². The first kappa shape index (κ1) is 57.2. The zero-order valence-electron chi connectivity index (χ0n) is 44.6. The van der Waals surface area contributed by atoms with Gasteiger partial charge in [-0.1, -0.05) is 157 Å². The quantitative estimate of drug-likeness (QED) is 0.0366. The maximum absolute atomic E-state index is 9.83. The summed E-state index contributed by atoms with van der Waals surface area (Å²) in [4.78, 5) is 8.83. The number of halogens is 1. The number of hydrogen-bond donors (Lipinski definition) is 4. The first-order valence-corrected chi connectivity index (χ1v) is 25.8. The summed E-state index contributed by atoms with van der Waals surface area (Å²) in [5.41, 5.74) is 7.94. The maximum atomic E-state index is 9.83. The number of ether oxygens (including phenoxy) is 6. The third-order valence-electron chi connectivity index (χ3n) is 13.2. The number of nitrogens with zero attached hydrogens (tertiary/aromatic N) is 2. The largest absolute Gasteiger partial charge is 0.508 e. The van der Waals surface area contributed by atoms with Gasteiger partial charge < -0.3 is 48.7 Å². The molecule has 14 heteroatoms. The molecule has 10 aromatic rings. The molecular weight excluding hydrogens is 1030 g/mol. The molecule has 0 aliphatic carbocycles. The lowest BCUT2D eigenvalue weighted by atomic mass is 9.80. The van der Waals surface area contributed by atoms with Crippen LogP contribution in [0.1, 0.15) is 44.5 Å².